The fourth-order valence-electron chi connectivity index (χ4n) is 1.81. The molecule has 1 N–H and O–H groups in total. The van der Waals surface area contributed by atoms with E-state index < -0.39 is 0 Å². The molecule has 1 unspecified atom stereocenters. The van der Waals surface area contributed by atoms with Crippen LogP contribution in [0.15, 0.2) is 30.9 Å². The van der Waals surface area contributed by atoms with Crippen LogP contribution in [0.25, 0.3) is 0 Å². The molecule has 0 aromatic heterocycles. The molecule has 1 aromatic rings. The standard InChI is InChI=1S/C14H20N2O2/c1-4-5-7-11(2)15-10-13-8-6-9-14(12(13)3)16(17)18/h4,6,8-9,11,15H,1,5,7,10H2,2-3H3. The molecule has 0 aliphatic carbocycles. The molecule has 0 heterocycles. The summed E-state index contributed by atoms with van der Waals surface area (Å²) in [7, 11) is 0. The summed E-state index contributed by atoms with van der Waals surface area (Å²) in [5, 5.41) is 14.2. The van der Waals surface area contributed by atoms with Crippen molar-refractivity contribution in [3.63, 3.8) is 0 Å². The van der Waals surface area contributed by atoms with Crippen LogP contribution in [0.1, 0.15) is 30.9 Å². The Morgan fingerprint density at radius 2 is 2.28 bits per heavy atom. The molecule has 4 nitrogen and oxygen atoms in total. The van der Waals surface area contributed by atoms with Crippen LogP contribution < -0.4 is 5.32 Å². The molecule has 0 aliphatic heterocycles. The first-order valence-corrected chi connectivity index (χ1v) is 6.13. The number of rotatable bonds is 7. The van der Waals surface area contributed by atoms with Gasteiger partial charge in [-0.2, -0.15) is 0 Å². The smallest absolute Gasteiger partial charge is 0.272 e. The molecule has 0 fully saturated rings. The highest BCUT2D eigenvalue weighted by molar-refractivity contribution is 5.44. The van der Waals surface area contributed by atoms with Crippen LogP contribution in [-0.2, 0) is 6.54 Å². The number of hydrogen-bond acceptors (Lipinski definition) is 3. The summed E-state index contributed by atoms with van der Waals surface area (Å²) in [6, 6.07) is 5.58. The monoisotopic (exact) mass is 248 g/mol. The van der Waals surface area contributed by atoms with Crippen molar-refractivity contribution in [3.05, 3.63) is 52.1 Å². The van der Waals surface area contributed by atoms with Gasteiger partial charge in [-0.3, -0.25) is 10.1 Å². The molecule has 0 amide bonds. The van der Waals surface area contributed by atoms with Gasteiger partial charge in [0.25, 0.3) is 5.69 Å². The Bertz CT molecular complexity index is 430. The molecule has 1 aromatic carbocycles. The van der Waals surface area contributed by atoms with Crippen molar-refractivity contribution < 1.29 is 4.92 Å². The lowest BCUT2D eigenvalue weighted by molar-refractivity contribution is -0.385. The lowest BCUT2D eigenvalue weighted by Gasteiger charge is -2.14. The summed E-state index contributed by atoms with van der Waals surface area (Å²) >= 11 is 0. The highest BCUT2D eigenvalue weighted by Gasteiger charge is 2.13. The summed E-state index contributed by atoms with van der Waals surface area (Å²) in [5.41, 5.74) is 1.91. The Hall–Kier alpha value is -1.68. The average Bonchev–Trinajstić information content (AvgIpc) is 2.34. The van der Waals surface area contributed by atoms with Gasteiger partial charge in [-0.05, 0) is 32.3 Å². The second-order valence-corrected chi connectivity index (χ2v) is 4.47. The zero-order valence-corrected chi connectivity index (χ0v) is 11.0. The SMILES string of the molecule is C=CCCC(C)NCc1cccc([N+](=O)[O-])c1C. The van der Waals surface area contributed by atoms with E-state index in [2.05, 4.69) is 18.8 Å². The highest BCUT2D eigenvalue weighted by Crippen LogP contribution is 2.21. The van der Waals surface area contributed by atoms with E-state index >= 15 is 0 Å². The number of nitrogens with zero attached hydrogens (tertiary/aromatic N) is 1. The Labute approximate surface area is 108 Å². The fraction of sp³-hybridized carbons (Fsp3) is 0.429. The van der Waals surface area contributed by atoms with Crippen LogP contribution in [0.3, 0.4) is 0 Å². The van der Waals surface area contributed by atoms with Gasteiger partial charge in [-0.25, -0.2) is 0 Å². The maximum absolute atomic E-state index is 10.8. The quantitative estimate of drug-likeness (QED) is 0.457. The topological polar surface area (TPSA) is 55.2 Å². The van der Waals surface area contributed by atoms with E-state index in [-0.39, 0.29) is 10.6 Å². The lowest BCUT2D eigenvalue weighted by Crippen LogP contribution is -2.25. The van der Waals surface area contributed by atoms with Crippen LogP contribution in [0.5, 0.6) is 0 Å². The Morgan fingerprint density at radius 1 is 1.56 bits per heavy atom. The van der Waals surface area contributed by atoms with Crippen molar-refractivity contribution in [2.75, 3.05) is 0 Å². The number of allylic oxidation sites excluding steroid dienone is 1. The second-order valence-electron chi connectivity index (χ2n) is 4.47. The van der Waals surface area contributed by atoms with E-state index in [9.17, 15) is 10.1 Å². The van der Waals surface area contributed by atoms with Gasteiger partial charge in [-0.15, -0.1) is 6.58 Å². The van der Waals surface area contributed by atoms with Gasteiger partial charge in [0.2, 0.25) is 0 Å². The third-order valence-corrected chi connectivity index (χ3v) is 3.06. The van der Waals surface area contributed by atoms with Gasteiger partial charge in [0.05, 0.1) is 4.92 Å². The van der Waals surface area contributed by atoms with Crippen LogP contribution >= 0.6 is 0 Å². The molecular formula is C14H20N2O2. The minimum Gasteiger partial charge on any atom is -0.310 e. The predicted octanol–water partition coefficient (Wildman–Crippen LogP) is 3.35. The molecule has 1 rings (SSSR count). The summed E-state index contributed by atoms with van der Waals surface area (Å²) in [5.74, 6) is 0. The minimum atomic E-state index is -0.333. The molecule has 98 valence electrons. The van der Waals surface area contributed by atoms with Gasteiger partial charge >= 0.3 is 0 Å². The van der Waals surface area contributed by atoms with Crippen LogP contribution in [0.2, 0.25) is 0 Å². The zero-order valence-electron chi connectivity index (χ0n) is 11.0. The summed E-state index contributed by atoms with van der Waals surface area (Å²) < 4.78 is 0. The second kappa shape index (κ2) is 6.91. The predicted molar refractivity (Wildman–Crippen MR) is 73.6 cm³/mol. The average molecular weight is 248 g/mol. The molecule has 1 atom stereocenters. The molecule has 4 heteroatoms. The van der Waals surface area contributed by atoms with Crippen molar-refractivity contribution in [3.8, 4) is 0 Å². The molecular weight excluding hydrogens is 228 g/mol. The summed E-state index contributed by atoms with van der Waals surface area (Å²) in [4.78, 5) is 10.5. The normalized spacial score (nSPS) is 12.1. The van der Waals surface area contributed by atoms with E-state index in [1.165, 1.54) is 0 Å². The van der Waals surface area contributed by atoms with E-state index in [1.54, 1.807) is 19.1 Å². The third-order valence-electron chi connectivity index (χ3n) is 3.06. The first-order chi connectivity index (χ1) is 8.56. The molecule has 0 spiro atoms. The van der Waals surface area contributed by atoms with E-state index in [4.69, 9.17) is 0 Å². The first-order valence-electron chi connectivity index (χ1n) is 6.13. The summed E-state index contributed by atoms with van der Waals surface area (Å²) in [6.07, 6.45) is 3.90. The largest absolute Gasteiger partial charge is 0.310 e. The van der Waals surface area contributed by atoms with Gasteiger partial charge in [0, 0.05) is 24.2 Å². The first kappa shape index (κ1) is 14.4. The van der Waals surface area contributed by atoms with Crippen molar-refractivity contribution >= 4 is 5.69 Å². The Balaban J connectivity index is 2.65. The van der Waals surface area contributed by atoms with Gasteiger partial charge in [0.1, 0.15) is 0 Å². The maximum atomic E-state index is 10.8. The number of nitro groups is 1. The van der Waals surface area contributed by atoms with Crippen LogP contribution in [0.4, 0.5) is 5.69 Å². The number of nitro benzene ring substituents is 1. The van der Waals surface area contributed by atoms with Crippen LogP contribution in [0, 0.1) is 17.0 Å². The zero-order chi connectivity index (χ0) is 13.5. The molecule has 0 aliphatic rings. The Kier molecular flexibility index (Phi) is 5.52. The van der Waals surface area contributed by atoms with Crippen molar-refractivity contribution in [2.24, 2.45) is 0 Å². The molecule has 0 bridgehead atoms. The lowest BCUT2D eigenvalue weighted by atomic mass is 10.1. The fourth-order valence-corrected chi connectivity index (χ4v) is 1.81. The van der Waals surface area contributed by atoms with Crippen LogP contribution in [-0.4, -0.2) is 11.0 Å². The number of benzene rings is 1. The van der Waals surface area contributed by atoms with Gasteiger partial charge in [0.15, 0.2) is 0 Å². The van der Waals surface area contributed by atoms with Crippen molar-refractivity contribution in [1.82, 2.24) is 5.32 Å². The number of hydrogen-bond donors (Lipinski definition) is 1. The summed E-state index contributed by atoms with van der Waals surface area (Å²) in [6.45, 7) is 8.25. The Morgan fingerprint density at radius 3 is 2.89 bits per heavy atom. The number of nitrogens with one attached hydrogen (secondary N) is 1. The highest BCUT2D eigenvalue weighted by atomic mass is 16.6. The van der Waals surface area contributed by atoms with E-state index in [0.29, 0.717) is 12.6 Å². The maximum Gasteiger partial charge on any atom is 0.272 e. The van der Waals surface area contributed by atoms with Crippen molar-refractivity contribution in [1.29, 1.82) is 0 Å². The van der Waals surface area contributed by atoms with E-state index in [1.807, 2.05) is 12.1 Å². The molecule has 0 saturated carbocycles. The third kappa shape index (κ3) is 3.96. The van der Waals surface area contributed by atoms with E-state index in [0.717, 1.165) is 24.0 Å². The van der Waals surface area contributed by atoms with Gasteiger partial charge in [-0.1, -0.05) is 18.2 Å². The molecule has 0 radical (unpaired) electrons. The minimum absolute atomic E-state index is 0.188. The van der Waals surface area contributed by atoms with Gasteiger partial charge < -0.3 is 5.32 Å². The molecule has 18 heavy (non-hydrogen) atoms. The molecule has 0 saturated heterocycles. The van der Waals surface area contributed by atoms with Crippen molar-refractivity contribution in [2.45, 2.75) is 39.3 Å².